The molecule has 1 aromatic heterocycles. The predicted molar refractivity (Wildman–Crippen MR) is 67.4 cm³/mol. The Morgan fingerprint density at radius 3 is 2.42 bits per heavy atom. The first-order valence-corrected chi connectivity index (χ1v) is 5.92. The van der Waals surface area contributed by atoms with Crippen molar-refractivity contribution in [2.75, 3.05) is 5.73 Å². The van der Waals surface area contributed by atoms with Gasteiger partial charge in [0.25, 0.3) is 6.43 Å². The Kier molecular flexibility index (Phi) is 3.78. The van der Waals surface area contributed by atoms with Gasteiger partial charge < -0.3 is 5.73 Å². The van der Waals surface area contributed by atoms with Gasteiger partial charge in [0.05, 0.1) is 5.69 Å². The molecule has 0 unspecified atom stereocenters. The van der Waals surface area contributed by atoms with Gasteiger partial charge in [0, 0.05) is 11.1 Å². The number of hydrogen-bond acceptors (Lipinski definition) is 2. The molecule has 2 rings (SSSR count). The number of nitrogens with zero attached hydrogens (tertiary/aromatic N) is 2. The summed E-state index contributed by atoms with van der Waals surface area (Å²) >= 11 is 0. The maximum absolute atomic E-state index is 12.9. The number of benzene rings is 1. The Morgan fingerprint density at radius 2 is 1.89 bits per heavy atom. The van der Waals surface area contributed by atoms with Gasteiger partial charge >= 0.3 is 0 Å². The van der Waals surface area contributed by atoms with Crippen LogP contribution in [0.3, 0.4) is 0 Å². The first kappa shape index (κ1) is 13.5. The van der Waals surface area contributed by atoms with Crippen LogP contribution in [0.5, 0.6) is 0 Å². The number of hydrogen-bond donors (Lipinski definition) is 1. The number of anilines is 1. The summed E-state index contributed by atoms with van der Waals surface area (Å²) in [6, 6.07) is 5.72. The van der Waals surface area contributed by atoms with Gasteiger partial charge in [-0.3, -0.25) is 0 Å². The zero-order valence-electron chi connectivity index (χ0n) is 10.4. The second-order valence-electron chi connectivity index (χ2n) is 4.15. The van der Waals surface area contributed by atoms with Crippen molar-refractivity contribution in [1.82, 2.24) is 9.78 Å². The molecule has 1 aromatic carbocycles. The standard InChI is InChI=1S/C13H14F3N3/c1-2-10-12(8-3-5-9(14)6-4-8)18-19(13(10)17)7-11(15)16/h3-6,11H,2,7,17H2,1H3. The molecule has 0 saturated carbocycles. The lowest BCUT2D eigenvalue weighted by molar-refractivity contribution is 0.123. The molecule has 0 aliphatic rings. The molecular formula is C13H14F3N3. The molecule has 0 aliphatic carbocycles. The van der Waals surface area contributed by atoms with E-state index in [4.69, 9.17) is 5.73 Å². The first-order chi connectivity index (χ1) is 9.02. The average molecular weight is 269 g/mol. The van der Waals surface area contributed by atoms with Crippen molar-refractivity contribution >= 4 is 5.82 Å². The van der Waals surface area contributed by atoms with Crippen LogP contribution in [0, 0.1) is 5.82 Å². The van der Waals surface area contributed by atoms with E-state index in [1.165, 1.54) is 12.1 Å². The van der Waals surface area contributed by atoms with E-state index in [1.807, 2.05) is 6.92 Å². The number of nitrogens with two attached hydrogens (primary N) is 1. The number of rotatable bonds is 4. The van der Waals surface area contributed by atoms with Crippen LogP contribution < -0.4 is 5.73 Å². The fourth-order valence-corrected chi connectivity index (χ4v) is 1.97. The molecule has 6 heteroatoms. The van der Waals surface area contributed by atoms with Gasteiger partial charge in [-0.15, -0.1) is 0 Å². The molecule has 0 amide bonds. The Morgan fingerprint density at radius 1 is 1.26 bits per heavy atom. The van der Waals surface area contributed by atoms with E-state index in [9.17, 15) is 13.2 Å². The lowest BCUT2D eigenvalue weighted by atomic mass is 10.1. The third-order valence-corrected chi connectivity index (χ3v) is 2.88. The Balaban J connectivity index is 2.47. The van der Waals surface area contributed by atoms with Crippen molar-refractivity contribution < 1.29 is 13.2 Å². The van der Waals surface area contributed by atoms with Crippen molar-refractivity contribution in [1.29, 1.82) is 0 Å². The van der Waals surface area contributed by atoms with Crippen molar-refractivity contribution in [3.63, 3.8) is 0 Å². The minimum atomic E-state index is -2.52. The summed E-state index contributed by atoms with van der Waals surface area (Å²) in [5, 5.41) is 4.11. The molecule has 0 bridgehead atoms. The molecule has 0 spiro atoms. The summed E-state index contributed by atoms with van der Waals surface area (Å²) < 4.78 is 38.9. The van der Waals surface area contributed by atoms with Crippen molar-refractivity contribution in [3.8, 4) is 11.3 Å². The van der Waals surface area contributed by atoms with E-state index in [0.717, 1.165) is 4.68 Å². The molecule has 2 N–H and O–H groups in total. The molecule has 3 nitrogen and oxygen atoms in total. The van der Waals surface area contributed by atoms with Crippen molar-refractivity contribution in [3.05, 3.63) is 35.6 Å². The van der Waals surface area contributed by atoms with Crippen LogP contribution >= 0.6 is 0 Å². The quantitative estimate of drug-likeness (QED) is 0.926. The molecule has 1 heterocycles. The largest absolute Gasteiger partial charge is 0.384 e. The Bertz CT molecular complexity index is 561. The van der Waals surface area contributed by atoms with Crippen LogP contribution in [0.15, 0.2) is 24.3 Å². The second kappa shape index (κ2) is 5.34. The van der Waals surface area contributed by atoms with Crippen LogP contribution in [-0.2, 0) is 13.0 Å². The van der Waals surface area contributed by atoms with Crippen LogP contribution in [0.25, 0.3) is 11.3 Å². The normalized spacial score (nSPS) is 11.2. The summed E-state index contributed by atoms with van der Waals surface area (Å²) in [6.07, 6.45) is -1.95. The molecule has 0 radical (unpaired) electrons. The SMILES string of the molecule is CCc1c(-c2ccc(F)cc2)nn(CC(F)F)c1N. The molecular weight excluding hydrogens is 255 g/mol. The van der Waals surface area contributed by atoms with Gasteiger partial charge in [0.2, 0.25) is 0 Å². The number of aromatic nitrogens is 2. The van der Waals surface area contributed by atoms with Gasteiger partial charge in [0.15, 0.2) is 0 Å². The van der Waals surface area contributed by atoms with E-state index in [0.29, 0.717) is 23.2 Å². The lowest BCUT2D eigenvalue weighted by Gasteiger charge is -2.02. The van der Waals surface area contributed by atoms with Crippen LogP contribution in [-0.4, -0.2) is 16.2 Å². The van der Waals surface area contributed by atoms with Crippen molar-refractivity contribution in [2.24, 2.45) is 0 Å². The summed E-state index contributed by atoms with van der Waals surface area (Å²) in [4.78, 5) is 0. The first-order valence-electron chi connectivity index (χ1n) is 5.92. The van der Waals surface area contributed by atoms with Crippen molar-refractivity contribution in [2.45, 2.75) is 26.3 Å². The fraction of sp³-hybridized carbons (Fsp3) is 0.308. The molecule has 0 saturated heterocycles. The maximum Gasteiger partial charge on any atom is 0.258 e. The third kappa shape index (κ3) is 2.72. The lowest BCUT2D eigenvalue weighted by Crippen LogP contribution is -2.11. The summed E-state index contributed by atoms with van der Waals surface area (Å²) in [5.74, 6) is -0.121. The van der Waals surface area contributed by atoms with Crippen LogP contribution in [0.1, 0.15) is 12.5 Å². The highest BCUT2D eigenvalue weighted by molar-refractivity contribution is 5.68. The smallest absolute Gasteiger partial charge is 0.258 e. The molecule has 0 atom stereocenters. The minimum Gasteiger partial charge on any atom is -0.384 e. The fourth-order valence-electron chi connectivity index (χ4n) is 1.97. The van der Waals surface area contributed by atoms with Gasteiger partial charge in [-0.05, 0) is 30.7 Å². The summed E-state index contributed by atoms with van der Waals surface area (Å²) in [5.41, 5.74) is 7.72. The second-order valence-corrected chi connectivity index (χ2v) is 4.15. The van der Waals surface area contributed by atoms with E-state index >= 15 is 0 Å². The summed E-state index contributed by atoms with van der Waals surface area (Å²) in [7, 11) is 0. The topological polar surface area (TPSA) is 43.8 Å². The third-order valence-electron chi connectivity index (χ3n) is 2.88. The molecule has 19 heavy (non-hydrogen) atoms. The zero-order chi connectivity index (χ0) is 14.0. The monoisotopic (exact) mass is 269 g/mol. The zero-order valence-corrected chi connectivity index (χ0v) is 10.4. The van der Waals surface area contributed by atoms with Crippen LogP contribution in [0.2, 0.25) is 0 Å². The van der Waals surface area contributed by atoms with Gasteiger partial charge in [0.1, 0.15) is 18.2 Å². The highest BCUT2D eigenvalue weighted by atomic mass is 19.3. The molecule has 0 fully saturated rings. The molecule has 102 valence electrons. The molecule has 0 aliphatic heterocycles. The van der Waals surface area contributed by atoms with E-state index in [-0.39, 0.29) is 11.6 Å². The van der Waals surface area contributed by atoms with E-state index in [1.54, 1.807) is 12.1 Å². The Labute approximate surface area is 108 Å². The average Bonchev–Trinajstić information content (AvgIpc) is 2.66. The van der Waals surface area contributed by atoms with E-state index in [2.05, 4.69) is 5.10 Å². The summed E-state index contributed by atoms with van der Waals surface area (Å²) in [6.45, 7) is 1.33. The maximum atomic E-state index is 12.9. The number of halogens is 3. The predicted octanol–water partition coefficient (Wildman–Crippen LogP) is 3.10. The highest BCUT2D eigenvalue weighted by Gasteiger charge is 2.17. The van der Waals surface area contributed by atoms with Crippen LogP contribution in [0.4, 0.5) is 19.0 Å². The van der Waals surface area contributed by atoms with E-state index < -0.39 is 13.0 Å². The highest BCUT2D eigenvalue weighted by Crippen LogP contribution is 2.28. The van der Waals surface area contributed by atoms with Gasteiger partial charge in [-0.1, -0.05) is 6.92 Å². The van der Waals surface area contributed by atoms with Gasteiger partial charge in [-0.25, -0.2) is 17.9 Å². The Hall–Kier alpha value is -1.98. The molecule has 2 aromatic rings. The van der Waals surface area contributed by atoms with Gasteiger partial charge in [-0.2, -0.15) is 5.10 Å². The number of alkyl halides is 2. The minimum absolute atomic E-state index is 0.238. The number of nitrogen functional groups attached to an aromatic ring is 1.